The number of nitrogens with one attached hydrogen (secondary N) is 10. The Labute approximate surface area is 634 Å². The van der Waals surface area contributed by atoms with Crippen LogP contribution >= 0.6 is 0 Å². The first-order valence-corrected chi connectivity index (χ1v) is 37.9. The molecule has 630 valence electrons. The van der Waals surface area contributed by atoms with Gasteiger partial charge in [-0.25, -0.2) is 0 Å². The van der Waals surface area contributed by atoms with Gasteiger partial charge in [-0.15, -0.1) is 0 Å². The Morgan fingerprint density at radius 2 is 0.898 bits per heavy atom. The van der Waals surface area contributed by atoms with Crippen LogP contribution in [0.4, 0.5) is 0 Å². The highest BCUT2D eigenvalue weighted by molar-refractivity contribution is 5.78. The molecule has 0 spiro atoms. The van der Waals surface area contributed by atoms with Gasteiger partial charge in [0.05, 0.1) is 84.4 Å². The van der Waals surface area contributed by atoms with E-state index >= 15 is 0 Å². The highest BCUT2D eigenvalue weighted by atomic mass is 16.7. The lowest BCUT2D eigenvalue weighted by Crippen LogP contribution is -2.65. The van der Waals surface area contributed by atoms with Gasteiger partial charge in [0.2, 0.25) is 65.7 Å². The van der Waals surface area contributed by atoms with Gasteiger partial charge in [0.1, 0.15) is 30.0 Å². The third kappa shape index (κ3) is 50.3. The Morgan fingerprint density at radius 1 is 0.491 bits per heavy atom. The molecule has 9 amide bonds. The molecule has 0 aliphatic carbocycles. The van der Waals surface area contributed by atoms with Crippen LogP contribution < -0.4 is 53.2 Å². The molecule has 38 nitrogen and oxygen atoms in total. The van der Waals surface area contributed by atoms with E-state index in [1.54, 1.807) is 0 Å². The van der Waals surface area contributed by atoms with Crippen LogP contribution in [0.15, 0.2) is 0 Å². The van der Waals surface area contributed by atoms with E-state index in [2.05, 4.69) is 60.1 Å². The zero-order valence-electron chi connectivity index (χ0n) is 64.2. The third-order valence-corrected chi connectivity index (χ3v) is 16.6. The van der Waals surface area contributed by atoms with Gasteiger partial charge in [-0.1, -0.05) is 51.9 Å². The minimum atomic E-state index is -2.41. The molecule has 12 unspecified atom stereocenters. The van der Waals surface area contributed by atoms with Crippen molar-refractivity contribution in [2.75, 3.05) is 112 Å². The highest BCUT2D eigenvalue weighted by Crippen LogP contribution is 2.29. The molecular weight excluding hydrogens is 1430 g/mol. The lowest BCUT2D eigenvalue weighted by Gasteiger charge is -2.43. The summed E-state index contributed by atoms with van der Waals surface area (Å²) in [6, 6.07) is -1.33. The molecule has 0 saturated carbocycles. The number of aliphatic hydroxyl groups is 10. The van der Waals surface area contributed by atoms with Gasteiger partial charge in [0, 0.05) is 118 Å². The fraction of sp³-hybridized carbons (Fsp3) is 0.871. The van der Waals surface area contributed by atoms with E-state index < -0.39 is 123 Å². The second-order valence-electron chi connectivity index (χ2n) is 26.9. The van der Waals surface area contributed by atoms with Gasteiger partial charge in [-0.05, 0) is 71.6 Å². The second kappa shape index (κ2) is 61.1. The first-order valence-electron chi connectivity index (χ1n) is 37.9. The molecule has 1 saturated heterocycles. The molecular formula is C70H132N10O28. The standard InChI is InChI=1S/C70H132N10O28/c1-7-8-9-10-11-12-13-14-26-62(95)80-69(46-102-39-29-61(94)76-47-75-58(91)25-17-18-34-103-66-63(77-50(4)86)70(98,99)40-53(41-81)106-66,44-100-37-27-59(92)73-32-21-30-71-56(89)23-15-19-35-104-67(64(96)78-51(5)87)107-54(42-82)48(2)84)45-101-38-28-60(93)74-33-22-31-72-57(90)24-16-20-36-105-68(65(97)79-52(6)88)108-55(43-83)49(3)85/h48-49,53-55,61,63-68,76,81-85,94,96-99H,7-47H2,1-6H3,(H,71,89)(H,72,90)(H,73,92)(H,74,93)(H,75,91)(H,77,86)(H,78,87)(H,79,88)(H,80,95). The van der Waals surface area contributed by atoms with Gasteiger partial charge in [0.15, 0.2) is 24.5 Å². The fourth-order valence-corrected chi connectivity index (χ4v) is 10.6. The lowest BCUT2D eigenvalue weighted by molar-refractivity contribution is -0.316. The number of aliphatic hydroxyl groups excluding tert-OH is 8. The van der Waals surface area contributed by atoms with Crippen LogP contribution in [0.25, 0.3) is 0 Å². The Hall–Kier alpha value is -5.57. The molecule has 38 heteroatoms. The number of carbonyl (C=O) groups is 9. The minimum absolute atomic E-state index is 0.0113. The summed E-state index contributed by atoms with van der Waals surface area (Å²) >= 11 is 0. The molecule has 1 fully saturated rings. The van der Waals surface area contributed by atoms with E-state index in [9.17, 15) is 94.2 Å². The Bertz CT molecular complexity index is 2370. The third-order valence-electron chi connectivity index (χ3n) is 16.6. The van der Waals surface area contributed by atoms with Crippen molar-refractivity contribution in [2.24, 2.45) is 0 Å². The molecule has 0 aromatic heterocycles. The highest BCUT2D eigenvalue weighted by Gasteiger charge is 2.49. The van der Waals surface area contributed by atoms with E-state index in [4.69, 9.17) is 42.6 Å². The molecule has 1 heterocycles. The second-order valence-corrected chi connectivity index (χ2v) is 26.9. The number of unbranched alkanes of at least 4 members (excludes halogenated alkanes) is 10. The summed E-state index contributed by atoms with van der Waals surface area (Å²) in [6.07, 6.45) is -3.01. The van der Waals surface area contributed by atoms with Crippen molar-refractivity contribution < 1.29 is 137 Å². The molecule has 0 radical (unpaired) electrons. The number of hydrogen-bond donors (Lipinski definition) is 20. The minimum Gasteiger partial charge on any atom is -0.394 e. The van der Waals surface area contributed by atoms with Gasteiger partial charge >= 0.3 is 0 Å². The van der Waals surface area contributed by atoms with Crippen LogP contribution in [0.5, 0.6) is 0 Å². The van der Waals surface area contributed by atoms with Crippen LogP contribution in [0.3, 0.4) is 0 Å². The van der Waals surface area contributed by atoms with Gasteiger partial charge < -0.3 is 142 Å². The molecule has 20 N–H and O–H groups in total. The van der Waals surface area contributed by atoms with Crippen LogP contribution in [0.2, 0.25) is 0 Å². The summed E-state index contributed by atoms with van der Waals surface area (Å²) in [5.41, 5.74) is -1.38. The van der Waals surface area contributed by atoms with E-state index in [-0.39, 0.29) is 179 Å². The summed E-state index contributed by atoms with van der Waals surface area (Å²) in [5, 5.41) is 127. The van der Waals surface area contributed by atoms with Crippen molar-refractivity contribution in [2.45, 2.75) is 281 Å². The summed E-state index contributed by atoms with van der Waals surface area (Å²) in [4.78, 5) is 113. The molecule has 0 aromatic carbocycles. The lowest BCUT2D eigenvalue weighted by atomic mass is 9.96. The molecule has 1 rings (SSSR count). The molecule has 12 atom stereocenters. The van der Waals surface area contributed by atoms with E-state index in [1.165, 1.54) is 34.6 Å². The van der Waals surface area contributed by atoms with Crippen molar-refractivity contribution in [3.05, 3.63) is 0 Å². The molecule has 108 heavy (non-hydrogen) atoms. The van der Waals surface area contributed by atoms with Crippen LogP contribution in [-0.4, -0.2) is 302 Å². The Balaban J connectivity index is 2.98. The predicted octanol–water partition coefficient (Wildman–Crippen LogP) is -3.25. The predicted molar refractivity (Wildman–Crippen MR) is 387 cm³/mol. The van der Waals surface area contributed by atoms with E-state index in [0.717, 1.165) is 44.9 Å². The van der Waals surface area contributed by atoms with Gasteiger partial charge in [-0.2, -0.15) is 0 Å². The summed E-state index contributed by atoms with van der Waals surface area (Å²) in [6.45, 7) is 6.69. The summed E-state index contributed by atoms with van der Waals surface area (Å²) in [5.74, 6) is -6.03. The average molecular weight is 1560 g/mol. The van der Waals surface area contributed by atoms with Crippen molar-refractivity contribution in [1.82, 2.24) is 53.2 Å². The SMILES string of the molecule is CCCCCCCCCCC(=O)NC(COCCC(=O)NCCCNC(=O)CCCCOC(OC(CO)C(C)O)C(O)NC(C)=O)(COCCC(=O)NCCCNC(=O)CCCCOC(OC(CO)C(C)O)C(O)NC(C)=O)COCCC(O)NCNC(=O)CCCCOC1OC(CO)CC(O)(O)C1NC(C)=O. The van der Waals surface area contributed by atoms with Crippen molar-refractivity contribution >= 4 is 53.2 Å². The average Bonchev–Trinajstić information content (AvgIpc) is 0.794. The molecule has 1 aliphatic heterocycles. The molecule has 0 aromatic rings. The summed E-state index contributed by atoms with van der Waals surface area (Å²) < 4.78 is 51.6. The number of ether oxygens (including phenoxy) is 9. The smallest absolute Gasteiger partial charge is 0.222 e. The van der Waals surface area contributed by atoms with E-state index in [0.29, 0.717) is 57.8 Å². The normalized spacial score (nSPS) is 17.9. The fourth-order valence-electron chi connectivity index (χ4n) is 10.6. The Morgan fingerprint density at radius 3 is 1.32 bits per heavy atom. The van der Waals surface area contributed by atoms with Crippen LogP contribution in [0, 0.1) is 0 Å². The van der Waals surface area contributed by atoms with Crippen LogP contribution in [0.1, 0.15) is 196 Å². The number of rotatable bonds is 68. The number of carbonyl (C=O) groups excluding carboxylic acids is 9. The van der Waals surface area contributed by atoms with Gasteiger partial charge in [0.25, 0.3) is 0 Å². The van der Waals surface area contributed by atoms with Gasteiger partial charge in [-0.3, -0.25) is 48.5 Å². The van der Waals surface area contributed by atoms with Crippen molar-refractivity contribution in [3.63, 3.8) is 0 Å². The molecule has 1 aliphatic rings. The number of amides is 9. The molecule has 0 bridgehead atoms. The maximum atomic E-state index is 13.8. The maximum absolute atomic E-state index is 13.8. The van der Waals surface area contributed by atoms with Crippen LogP contribution in [-0.2, 0) is 85.8 Å². The zero-order valence-corrected chi connectivity index (χ0v) is 64.2. The largest absolute Gasteiger partial charge is 0.394 e. The van der Waals surface area contributed by atoms with E-state index in [1.807, 2.05) is 0 Å². The maximum Gasteiger partial charge on any atom is 0.222 e. The Kier molecular flexibility index (Phi) is 56.8. The van der Waals surface area contributed by atoms with Crippen molar-refractivity contribution in [1.29, 1.82) is 0 Å². The number of hydrogen-bond acceptors (Lipinski definition) is 29. The quantitative estimate of drug-likeness (QED) is 0.0210. The zero-order chi connectivity index (χ0) is 80.6. The summed E-state index contributed by atoms with van der Waals surface area (Å²) in [7, 11) is 0. The first kappa shape index (κ1) is 100. The first-order chi connectivity index (χ1) is 51.5. The topological polar surface area (TPSA) is 559 Å². The van der Waals surface area contributed by atoms with Crippen molar-refractivity contribution in [3.8, 4) is 0 Å². The monoisotopic (exact) mass is 1560 g/mol.